The maximum absolute atomic E-state index is 4.52. The highest BCUT2D eigenvalue weighted by molar-refractivity contribution is 9.10. The molecule has 3 nitrogen and oxygen atoms in total. The summed E-state index contributed by atoms with van der Waals surface area (Å²) in [4.78, 5) is 11.2. The first-order valence-corrected chi connectivity index (χ1v) is 6.74. The molecule has 0 aliphatic heterocycles. The van der Waals surface area contributed by atoms with E-state index in [0.29, 0.717) is 0 Å². The van der Waals surface area contributed by atoms with Crippen LogP contribution in [0.15, 0.2) is 10.7 Å². The van der Waals surface area contributed by atoms with E-state index in [1.165, 1.54) is 12.8 Å². The topological polar surface area (TPSA) is 29.0 Å². The van der Waals surface area contributed by atoms with Gasteiger partial charge in [-0.15, -0.1) is 0 Å². The molecule has 0 bridgehead atoms. The van der Waals surface area contributed by atoms with Gasteiger partial charge < -0.3 is 4.90 Å². The molecule has 0 spiro atoms. The fraction of sp³-hybridized carbons (Fsp3) is 0.667. The van der Waals surface area contributed by atoms with Crippen LogP contribution < -0.4 is 4.90 Å². The molecule has 1 aromatic heterocycles. The monoisotopic (exact) mass is 283 g/mol. The predicted molar refractivity (Wildman–Crippen MR) is 69.7 cm³/mol. The van der Waals surface area contributed by atoms with Crippen LogP contribution in [0.5, 0.6) is 0 Å². The van der Waals surface area contributed by atoms with E-state index in [-0.39, 0.29) is 0 Å². The van der Waals surface area contributed by atoms with E-state index < -0.39 is 0 Å². The van der Waals surface area contributed by atoms with Crippen molar-refractivity contribution >= 4 is 21.7 Å². The number of aryl methyl sites for hydroxylation is 1. The van der Waals surface area contributed by atoms with Gasteiger partial charge >= 0.3 is 0 Å². The Morgan fingerprint density at radius 2 is 2.19 bits per heavy atom. The highest BCUT2D eigenvalue weighted by Gasteiger charge is 2.24. The molecule has 0 aromatic carbocycles. The summed E-state index contributed by atoms with van der Waals surface area (Å²) in [5.74, 6) is 2.79. The summed E-state index contributed by atoms with van der Waals surface area (Å²) in [5.41, 5.74) is 0. The third-order valence-corrected chi connectivity index (χ3v) is 3.19. The minimum Gasteiger partial charge on any atom is -0.356 e. The molecule has 0 saturated heterocycles. The van der Waals surface area contributed by atoms with Crippen molar-refractivity contribution in [3.8, 4) is 0 Å². The van der Waals surface area contributed by atoms with Crippen molar-refractivity contribution < 1.29 is 0 Å². The molecule has 2 rings (SSSR count). The van der Waals surface area contributed by atoms with E-state index in [1.807, 2.05) is 13.0 Å². The molecule has 1 aliphatic carbocycles. The lowest BCUT2D eigenvalue weighted by molar-refractivity contribution is 0.695. The van der Waals surface area contributed by atoms with Gasteiger partial charge in [-0.1, -0.05) is 6.92 Å². The van der Waals surface area contributed by atoms with Gasteiger partial charge in [0.25, 0.3) is 0 Å². The van der Waals surface area contributed by atoms with Crippen LogP contribution in [0.25, 0.3) is 0 Å². The quantitative estimate of drug-likeness (QED) is 0.778. The van der Waals surface area contributed by atoms with Crippen molar-refractivity contribution in [2.45, 2.75) is 33.1 Å². The second kappa shape index (κ2) is 5.13. The lowest BCUT2D eigenvalue weighted by Crippen LogP contribution is -2.27. The van der Waals surface area contributed by atoms with Gasteiger partial charge in [0, 0.05) is 19.2 Å². The molecular formula is C12H18BrN3. The Kier molecular flexibility index (Phi) is 3.79. The molecule has 1 saturated carbocycles. The summed E-state index contributed by atoms with van der Waals surface area (Å²) < 4.78 is 0.881. The molecule has 1 fully saturated rings. The second-order valence-electron chi connectivity index (χ2n) is 4.49. The van der Waals surface area contributed by atoms with Crippen molar-refractivity contribution in [3.63, 3.8) is 0 Å². The van der Waals surface area contributed by atoms with E-state index in [1.54, 1.807) is 0 Å². The lowest BCUT2D eigenvalue weighted by Gasteiger charge is -2.23. The van der Waals surface area contributed by atoms with Crippen LogP contribution in [0, 0.1) is 12.8 Å². The fourth-order valence-corrected chi connectivity index (χ4v) is 2.32. The third-order valence-electron chi connectivity index (χ3n) is 2.79. The van der Waals surface area contributed by atoms with Crippen molar-refractivity contribution in [3.05, 3.63) is 16.5 Å². The first-order valence-electron chi connectivity index (χ1n) is 5.95. The highest BCUT2D eigenvalue weighted by Crippen LogP contribution is 2.31. The third kappa shape index (κ3) is 3.17. The molecule has 0 atom stereocenters. The van der Waals surface area contributed by atoms with Crippen molar-refractivity contribution in [2.24, 2.45) is 5.92 Å². The van der Waals surface area contributed by atoms with Crippen molar-refractivity contribution in [2.75, 3.05) is 18.0 Å². The largest absolute Gasteiger partial charge is 0.356 e. The maximum Gasteiger partial charge on any atom is 0.133 e. The minimum atomic E-state index is 0.835. The molecule has 88 valence electrons. The van der Waals surface area contributed by atoms with Crippen LogP contribution in [-0.4, -0.2) is 23.1 Å². The minimum absolute atomic E-state index is 0.835. The smallest absolute Gasteiger partial charge is 0.133 e. The average molecular weight is 284 g/mol. The van der Waals surface area contributed by atoms with Gasteiger partial charge in [0.05, 0.1) is 0 Å². The number of halogens is 1. The zero-order valence-electron chi connectivity index (χ0n) is 9.91. The normalized spacial score (nSPS) is 15.2. The van der Waals surface area contributed by atoms with Crippen LogP contribution in [0.3, 0.4) is 0 Å². The Labute approximate surface area is 105 Å². The molecule has 1 heterocycles. The molecule has 0 radical (unpaired) electrons. The van der Waals surface area contributed by atoms with Gasteiger partial charge in [0.1, 0.15) is 16.2 Å². The molecule has 16 heavy (non-hydrogen) atoms. The Morgan fingerprint density at radius 3 is 2.75 bits per heavy atom. The number of rotatable bonds is 5. The first kappa shape index (κ1) is 11.8. The number of aromatic nitrogens is 2. The van der Waals surface area contributed by atoms with Crippen LogP contribution >= 0.6 is 15.9 Å². The van der Waals surface area contributed by atoms with E-state index in [2.05, 4.69) is 37.7 Å². The van der Waals surface area contributed by atoms with Gasteiger partial charge in [0.2, 0.25) is 0 Å². The van der Waals surface area contributed by atoms with E-state index in [0.717, 1.165) is 41.7 Å². The Balaban J connectivity index is 2.15. The Morgan fingerprint density at radius 1 is 1.44 bits per heavy atom. The number of hydrogen-bond acceptors (Lipinski definition) is 3. The van der Waals surface area contributed by atoms with Gasteiger partial charge in [-0.3, -0.25) is 0 Å². The van der Waals surface area contributed by atoms with Gasteiger partial charge in [0.15, 0.2) is 0 Å². The van der Waals surface area contributed by atoms with Crippen molar-refractivity contribution in [1.82, 2.24) is 9.97 Å². The maximum atomic E-state index is 4.52. The summed E-state index contributed by atoms with van der Waals surface area (Å²) in [6.45, 7) is 6.38. The molecule has 0 amide bonds. The van der Waals surface area contributed by atoms with Gasteiger partial charge in [-0.25, -0.2) is 9.97 Å². The number of anilines is 1. The standard InChI is InChI=1S/C12H18BrN3/c1-3-6-16(8-10-4-5-10)12-7-11(13)14-9(2)15-12/h7,10H,3-6,8H2,1-2H3. The fourth-order valence-electron chi connectivity index (χ4n) is 1.86. The summed E-state index contributed by atoms with van der Waals surface area (Å²) in [5, 5.41) is 0. The zero-order chi connectivity index (χ0) is 11.5. The molecular weight excluding hydrogens is 266 g/mol. The SMILES string of the molecule is CCCN(CC1CC1)c1cc(Br)nc(C)n1. The molecule has 0 N–H and O–H groups in total. The second-order valence-corrected chi connectivity index (χ2v) is 5.30. The summed E-state index contributed by atoms with van der Waals surface area (Å²) in [7, 11) is 0. The molecule has 1 aromatic rings. The Bertz CT molecular complexity index is 343. The Hall–Kier alpha value is -0.640. The van der Waals surface area contributed by atoms with Crippen LogP contribution in [0.4, 0.5) is 5.82 Å². The van der Waals surface area contributed by atoms with E-state index >= 15 is 0 Å². The van der Waals surface area contributed by atoms with Crippen LogP contribution in [-0.2, 0) is 0 Å². The summed E-state index contributed by atoms with van der Waals surface area (Å²) in [6.07, 6.45) is 3.92. The predicted octanol–water partition coefficient (Wildman–Crippen LogP) is 3.17. The first-order chi connectivity index (χ1) is 7.69. The molecule has 4 heteroatoms. The summed E-state index contributed by atoms with van der Waals surface area (Å²) >= 11 is 3.44. The van der Waals surface area contributed by atoms with E-state index in [9.17, 15) is 0 Å². The van der Waals surface area contributed by atoms with Gasteiger partial charge in [-0.05, 0) is 48.0 Å². The van der Waals surface area contributed by atoms with Crippen molar-refractivity contribution in [1.29, 1.82) is 0 Å². The average Bonchev–Trinajstić information content (AvgIpc) is 2.99. The summed E-state index contributed by atoms with van der Waals surface area (Å²) in [6, 6.07) is 2.02. The zero-order valence-corrected chi connectivity index (χ0v) is 11.5. The van der Waals surface area contributed by atoms with Gasteiger partial charge in [-0.2, -0.15) is 0 Å². The molecule has 1 aliphatic rings. The highest BCUT2D eigenvalue weighted by atomic mass is 79.9. The number of hydrogen-bond donors (Lipinski definition) is 0. The molecule has 0 unspecified atom stereocenters. The lowest BCUT2D eigenvalue weighted by atomic mass is 10.3. The van der Waals surface area contributed by atoms with E-state index in [4.69, 9.17) is 0 Å². The van der Waals surface area contributed by atoms with Crippen LogP contribution in [0.1, 0.15) is 32.0 Å². The van der Waals surface area contributed by atoms with Crippen LogP contribution in [0.2, 0.25) is 0 Å². The number of nitrogens with zero attached hydrogens (tertiary/aromatic N) is 3.